The van der Waals surface area contributed by atoms with E-state index < -0.39 is 5.82 Å². The molecule has 2 aliphatic rings. The molecule has 3 N–H and O–H groups in total. The number of nitrogens with zero attached hydrogens (tertiary/aromatic N) is 4. The number of aliphatic imine (C=N–C) groups is 3. The summed E-state index contributed by atoms with van der Waals surface area (Å²) in [4.78, 5) is 27.5. The van der Waals surface area contributed by atoms with Crippen molar-refractivity contribution < 1.29 is 14.3 Å². The smallest absolute Gasteiger partial charge is 0.226 e. The van der Waals surface area contributed by atoms with Crippen molar-refractivity contribution in [3.63, 3.8) is 0 Å². The molecule has 10 heteroatoms. The molecular formula is C20H25FN6O2S. The van der Waals surface area contributed by atoms with Crippen molar-refractivity contribution >= 4 is 40.6 Å². The number of hydrogen-bond donors (Lipinski definition) is 3. The van der Waals surface area contributed by atoms with Gasteiger partial charge in [0, 0.05) is 12.6 Å². The third-order valence-corrected chi connectivity index (χ3v) is 5.33. The standard InChI is InChI=1S/C20H25FN6O2S/c1-27(2)8-4-3-7-22-17(29)11-19-25-15-10-18(30-19)23-12-24-20(15)26-14-6-5-13(21)9-16(14)28/h5-6,9-10,12,18,28H,3-4,7-8,11H2,1-2H3,(H,22,29)(H,23,24,26). The van der Waals surface area contributed by atoms with Gasteiger partial charge in [-0.3, -0.25) is 9.79 Å². The number of carbonyl (C=O) groups excluding carboxylic acids is 1. The highest BCUT2D eigenvalue weighted by molar-refractivity contribution is 8.14. The number of benzene rings is 1. The minimum atomic E-state index is -0.538. The molecule has 160 valence electrons. The second-order valence-corrected chi connectivity index (χ2v) is 8.32. The molecule has 0 fully saturated rings. The Labute approximate surface area is 179 Å². The fourth-order valence-electron chi connectivity index (χ4n) is 2.83. The van der Waals surface area contributed by atoms with E-state index in [1.165, 1.54) is 30.2 Å². The SMILES string of the molecule is CN(C)CCCCNC(=O)CC1=NC2=CC(N=CN=C2Nc2ccc(F)cc2O)S1. The lowest BCUT2D eigenvalue weighted by Crippen LogP contribution is -2.28. The predicted octanol–water partition coefficient (Wildman–Crippen LogP) is 2.59. The topological polar surface area (TPSA) is 102 Å². The van der Waals surface area contributed by atoms with E-state index in [1.807, 2.05) is 20.2 Å². The second kappa shape index (κ2) is 10.4. The number of phenolic OH excluding ortho intramolecular Hbond substituents is 1. The van der Waals surface area contributed by atoms with Gasteiger partial charge >= 0.3 is 0 Å². The Kier molecular flexibility index (Phi) is 7.58. The van der Waals surface area contributed by atoms with E-state index in [0.29, 0.717) is 28.8 Å². The fourth-order valence-corrected chi connectivity index (χ4v) is 3.79. The monoisotopic (exact) mass is 432 g/mol. The van der Waals surface area contributed by atoms with Crippen molar-refractivity contribution in [1.29, 1.82) is 0 Å². The number of unbranched alkanes of at least 4 members (excludes halogenated alkanes) is 1. The number of carbonyl (C=O) groups is 1. The molecule has 0 radical (unpaired) electrons. The summed E-state index contributed by atoms with van der Waals surface area (Å²) in [5.74, 6) is -0.495. The molecule has 0 saturated carbocycles. The zero-order chi connectivity index (χ0) is 21.5. The van der Waals surface area contributed by atoms with Gasteiger partial charge in [-0.2, -0.15) is 0 Å². The summed E-state index contributed by atoms with van der Waals surface area (Å²) in [6.45, 7) is 1.62. The molecule has 30 heavy (non-hydrogen) atoms. The van der Waals surface area contributed by atoms with Crippen LogP contribution in [0.3, 0.4) is 0 Å². The number of thioether (sulfide) groups is 1. The molecule has 1 aromatic rings. The first kappa shape index (κ1) is 22.0. The van der Waals surface area contributed by atoms with Gasteiger partial charge in [0.2, 0.25) is 5.91 Å². The average Bonchev–Trinajstić information content (AvgIpc) is 2.81. The minimum absolute atomic E-state index is 0.0862. The van der Waals surface area contributed by atoms with Crippen LogP contribution in [0.15, 0.2) is 44.9 Å². The molecule has 1 unspecified atom stereocenters. The van der Waals surface area contributed by atoms with Crippen molar-refractivity contribution in [2.45, 2.75) is 24.6 Å². The van der Waals surface area contributed by atoms with E-state index in [4.69, 9.17) is 0 Å². The summed E-state index contributed by atoms with van der Waals surface area (Å²) in [5.41, 5.74) is 0.821. The van der Waals surface area contributed by atoms with Crippen molar-refractivity contribution in [3.05, 3.63) is 35.8 Å². The van der Waals surface area contributed by atoms with Gasteiger partial charge in [0.15, 0.2) is 5.84 Å². The largest absolute Gasteiger partial charge is 0.506 e. The van der Waals surface area contributed by atoms with Crippen LogP contribution in [0.2, 0.25) is 0 Å². The van der Waals surface area contributed by atoms with E-state index in [-0.39, 0.29) is 23.5 Å². The molecule has 0 aliphatic carbocycles. The fraction of sp³-hybridized carbons (Fsp3) is 0.400. The van der Waals surface area contributed by atoms with E-state index >= 15 is 0 Å². The number of fused-ring (bicyclic) bond motifs is 1. The van der Waals surface area contributed by atoms with Gasteiger partial charge in [-0.15, -0.1) is 0 Å². The summed E-state index contributed by atoms with van der Waals surface area (Å²) in [5, 5.41) is 16.2. The lowest BCUT2D eigenvalue weighted by molar-refractivity contribution is -0.119. The molecule has 8 nitrogen and oxygen atoms in total. The molecule has 2 bridgehead atoms. The lowest BCUT2D eigenvalue weighted by Gasteiger charge is -2.17. The number of rotatable bonds is 8. The Balaban J connectivity index is 1.60. The Hall–Kier alpha value is -2.72. The Morgan fingerprint density at radius 3 is 2.93 bits per heavy atom. The molecule has 2 heterocycles. The molecule has 0 saturated heterocycles. The third-order valence-electron chi connectivity index (χ3n) is 4.32. The summed E-state index contributed by atoms with van der Waals surface area (Å²) in [6.07, 6.45) is 5.34. The van der Waals surface area contributed by atoms with Gasteiger partial charge in [-0.25, -0.2) is 14.4 Å². The molecular weight excluding hydrogens is 407 g/mol. The first-order valence-electron chi connectivity index (χ1n) is 9.63. The van der Waals surface area contributed by atoms with Gasteiger partial charge in [0.05, 0.1) is 17.2 Å². The van der Waals surface area contributed by atoms with Crippen molar-refractivity contribution in [2.24, 2.45) is 15.0 Å². The number of phenols is 1. The van der Waals surface area contributed by atoms with Crippen molar-refractivity contribution in [3.8, 4) is 5.75 Å². The maximum Gasteiger partial charge on any atom is 0.226 e. The third kappa shape index (κ3) is 6.39. The van der Waals surface area contributed by atoms with E-state index in [1.54, 1.807) is 0 Å². The molecule has 1 aromatic carbocycles. The number of amidine groups is 1. The Morgan fingerprint density at radius 2 is 2.17 bits per heavy atom. The maximum atomic E-state index is 13.2. The molecule has 3 rings (SSSR count). The first-order valence-corrected chi connectivity index (χ1v) is 10.5. The van der Waals surface area contributed by atoms with Crippen molar-refractivity contribution in [2.75, 3.05) is 32.5 Å². The number of amides is 1. The van der Waals surface area contributed by atoms with Gasteiger partial charge in [0.1, 0.15) is 29.0 Å². The highest BCUT2D eigenvalue weighted by atomic mass is 32.2. The first-order chi connectivity index (χ1) is 14.4. The summed E-state index contributed by atoms with van der Waals surface area (Å²) in [6, 6.07) is 3.66. The van der Waals surface area contributed by atoms with Crippen molar-refractivity contribution in [1.82, 2.24) is 10.2 Å². The van der Waals surface area contributed by atoms with Gasteiger partial charge in [0.25, 0.3) is 0 Å². The van der Waals surface area contributed by atoms with E-state index in [9.17, 15) is 14.3 Å². The number of nitrogens with one attached hydrogen (secondary N) is 2. The van der Waals surface area contributed by atoms with E-state index in [0.717, 1.165) is 25.5 Å². The van der Waals surface area contributed by atoms with Crippen LogP contribution < -0.4 is 10.6 Å². The zero-order valence-corrected chi connectivity index (χ0v) is 17.7. The van der Waals surface area contributed by atoms with Gasteiger partial charge in [-0.1, -0.05) is 11.8 Å². The van der Waals surface area contributed by atoms with Crippen LogP contribution in [0.4, 0.5) is 10.1 Å². The number of aromatic hydroxyl groups is 1. The molecule has 0 aromatic heterocycles. The molecule has 2 aliphatic heterocycles. The van der Waals surface area contributed by atoms with Gasteiger partial charge in [-0.05, 0) is 51.7 Å². The average molecular weight is 433 g/mol. The van der Waals surface area contributed by atoms with E-state index in [2.05, 4.69) is 30.5 Å². The zero-order valence-electron chi connectivity index (χ0n) is 16.9. The molecule has 0 spiro atoms. The Bertz CT molecular complexity index is 913. The van der Waals surface area contributed by atoms with Crippen LogP contribution in [0.25, 0.3) is 0 Å². The number of halogens is 1. The predicted molar refractivity (Wildman–Crippen MR) is 120 cm³/mol. The van der Waals surface area contributed by atoms with Gasteiger partial charge < -0.3 is 20.6 Å². The highest BCUT2D eigenvalue weighted by Gasteiger charge is 2.23. The second-order valence-electron chi connectivity index (χ2n) is 7.13. The van der Waals surface area contributed by atoms with Crippen LogP contribution in [-0.4, -0.2) is 65.7 Å². The minimum Gasteiger partial charge on any atom is -0.506 e. The van der Waals surface area contributed by atoms with Crippen LogP contribution in [-0.2, 0) is 4.79 Å². The molecule has 1 amide bonds. The normalized spacial score (nSPS) is 17.7. The molecule has 1 atom stereocenters. The summed E-state index contributed by atoms with van der Waals surface area (Å²) in [7, 11) is 4.05. The lowest BCUT2D eigenvalue weighted by atomic mass is 10.2. The van der Waals surface area contributed by atoms with Crippen LogP contribution >= 0.6 is 11.8 Å². The number of hydrogen-bond acceptors (Lipinski definition) is 8. The number of anilines is 1. The summed E-state index contributed by atoms with van der Waals surface area (Å²) < 4.78 is 13.2. The summed E-state index contributed by atoms with van der Waals surface area (Å²) >= 11 is 1.40. The maximum absolute atomic E-state index is 13.2. The van der Waals surface area contributed by atoms with Crippen LogP contribution in [0, 0.1) is 5.82 Å². The van der Waals surface area contributed by atoms with Crippen LogP contribution in [0.5, 0.6) is 5.75 Å². The van der Waals surface area contributed by atoms with Crippen LogP contribution in [0.1, 0.15) is 19.3 Å². The highest BCUT2D eigenvalue weighted by Crippen LogP contribution is 2.30. The quantitative estimate of drug-likeness (QED) is 0.433. The Morgan fingerprint density at radius 1 is 1.33 bits per heavy atom.